The van der Waals surface area contributed by atoms with E-state index in [1.165, 1.54) is 17.1 Å². The van der Waals surface area contributed by atoms with Crippen LogP contribution in [0, 0.1) is 5.82 Å². The Kier molecular flexibility index (Phi) is 4.59. The van der Waals surface area contributed by atoms with Gasteiger partial charge in [-0.05, 0) is 42.0 Å². The molecular weight excluding hydrogens is 393 g/mol. The van der Waals surface area contributed by atoms with E-state index in [0.717, 1.165) is 22.0 Å². The number of carbonyl (C=O) groups excluding carboxylic acids is 2. The molecule has 1 saturated heterocycles. The second kappa shape index (κ2) is 7.57. The van der Waals surface area contributed by atoms with Gasteiger partial charge in [0.25, 0.3) is 11.8 Å². The molecule has 0 aliphatic carbocycles. The number of hydrogen-bond donors (Lipinski definition) is 1. The van der Waals surface area contributed by atoms with Gasteiger partial charge in [0.05, 0.1) is 5.69 Å². The van der Waals surface area contributed by atoms with Crippen molar-refractivity contribution in [2.75, 3.05) is 5.01 Å². The summed E-state index contributed by atoms with van der Waals surface area (Å²) in [5.41, 5.74) is 5.98. The Bertz CT molecular complexity index is 1320. The highest BCUT2D eigenvalue weighted by atomic mass is 19.1. The normalized spacial score (nSPS) is 15.1. The molecule has 5 nitrogen and oxygen atoms in total. The SMILES string of the molecule is O=C1NN(c2ccccc2)C(=O)/C1=C\c1cn(Cc2ccc(F)cc2)c2ccccc12. The predicted octanol–water partition coefficient (Wildman–Crippen LogP) is 4.29. The molecule has 0 unspecified atom stereocenters. The maximum Gasteiger partial charge on any atom is 0.282 e. The molecule has 1 aliphatic rings. The lowest BCUT2D eigenvalue weighted by Gasteiger charge is -2.13. The minimum Gasteiger partial charge on any atom is -0.342 e. The molecule has 5 rings (SSSR count). The van der Waals surface area contributed by atoms with Gasteiger partial charge in [-0.3, -0.25) is 15.0 Å². The van der Waals surface area contributed by atoms with Crippen molar-refractivity contribution in [3.8, 4) is 0 Å². The Hall–Kier alpha value is -4.19. The minimum atomic E-state index is -0.441. The smallest absolute Gasteiger partial charge is 0.282 e. The standard InChI is InChI=1S/C25H18FN3O2/c26-19-12-10-17(11-13-19)15-28-16-18(21-8-4-5-9-23(21)28)14-22-24(30)27-29(25(22)31)20-6-2-1-3-7-20/h1-14,16H,15H2,(H,27,30)/b22-14-. The minimum absolute atomic E-state index is 0.0774. The number of para-hydroxylation sites is 2. The molecule has 4 aromatic rings. The number of hydrazine groups is 1. The Balaban J connectivity index is 1.53. The van der Waals surface area contributed by atoms with Crippen LogP contribution in [-0.2, 0) is 16.1 Å². The molecule has 2 amide bonds. The molecule has 6 heteroatoms. The van der Waals surface area contributed by atoms with Crippen LogP contribution in [-0.4, -0.2) is 16.4 Å². The van der Waals surface area contributed by atoms with Crippen molar-refractivity contribution in [1.82, 2.24) is 9.99 Å². The summed E-state index contributed by atoms with van der Waals surface area (Å²) < 4.78 is 15.3. The van der Waals surface area contributed by atoms with Crippen molar-refractivity contribution in [2.45, 2.75) is 6.54 Å². The van der Waals surface area contributed by atoms with Gasteiger partial charge in [0.2, 0.25) is 0 Å². The Morgan fingerprint density at radius 1 is 0.871 bits per heavy atom. The molecule has 0 atom stereocenters. The molecule has 1 N–H and O–H groups in total. The fourth-order valence-corrected chi connectivity index (χ4v) is 3.78. The molecule has 0 saturated carbocycles. The zero-order valence-electron chi connectivity index (χ0n) is 16.5. The fourth-order valence-electron chi connectivity index (χ4n) is 3.78. The van der Waals surface area contributed by atoms with Crippen LogP contribution in [0.25, 0.3) is 17.0 Å². The summed E-state index contributed by atoms with van der Waals surface area (Å²) >= 11 is 0. The van der Waals surface area contributed by atoms with Crippen molar-refractivity contribution in [1.29, 1.82) is 0 Å². The third-order valence-electron chi connectivity index (χ3n) is 5.29. The number of hydrogen-bond acceptors (Lipinski definition) is 2. The molecule has 0 spiro atoms. The second-order valence-corrected chi connectivity index (χ2v) is 7.33. The summed E-state index contributed by atoms with van der Waals surface area (Å²) in [6.07, 6.45) is 3.54. The quantitative estimate of drug-likeness (QED) is 0.402. The van der Waals surface area contributed by atoms with Gasteiger partial charge < -0.3 is 4.57 Å². The molecule has 3 aromatic carbocycles. The van der Waals surface area contributed by atoms with Crippen molar-refractivity contribution in [3.05, 3.63) is 108 Å². The third kappa shape index (κ3) is 3.48. The van der Waals surface area contributed by atoms with Gasteiger partial charge in [-0.2, -0.15) is 0 Å². The molecule has 31 heavy (non-hydrogen) atoms. The van der Waals surface area contributed by atoms with Crippen LogP contribution >= 0.6 is 0 Å². The van der Waals surface area contributed by atoms with E-state index < -0.39 is 11.8 Å². The highest BCUT2D eigenvalue weighted by Crippen LogP contribution is 2.27. The first-order chi connectivity index (χ1) is 15.1. The lowest BCUT2D eigenvalue weighted by atomic mass is 10.1. The Morgan fingerprint density at radius 2 is 1.58 bits per heavy atom. The van der Waals surface area contributed by atoms with E-state index in [4.69, 9.17) is 0 Å². The second-order valence-electron chi connectivity index (χ2n) is 7.33. The zero-order chi connectivity index (χ0) is 21.4. The number of fused-ring (bicyclic) bond motifs is 1. The summed E-state index contributed by atoms with van der Waals surface area (Å²) in [5.74, 6) is -1.11. The molecule has 0 radical (unpaired) electrons. The van der Waals surface area contributed by atoms with E-state index in [9.17, 15) is 14.0 Å². The topological polar surface area (TPSA) is 54.3 Å². The van der Waals surface area contributed by atoms with E-state index in [1.54, 1.807) is 42.5 Å². The number of nitrogens with one attached hydrogen (secondary N) is 1. The largest absolute Gasteiger partial charge is 0.342 e. The first-order valence-electron chi connectivity index (χ1n) is 9.85. The lowest BCUT2D eigenvalue weighted by Crippen LogP contribution is -2.35. The summed E-state index contributed by atoms with van der Waals surface area (Å²) in [6.45, 7) is 0.542. The van der Waals surface area contributed by atoms with Gasteiger partial charge in [-0.15, -0.1) is 0 Å². The average molecular weight is 411 g/mol. The number of carbonyl (C=O) groups is 2. The average Bonchev–Trinajstić information content (AvgIpc) is 3.28. The van der Waals surface area contributed by atoms with Gasteiger partial charge in [-0.25, -0.2) is 9.40 Å². The number of halogens is 1. The Morgan fingerprint density at radius 3 is 2.35 bits per heavy atom. The van der Waals surface area contributed by atoms with Crippen LogP contribution < -0.4 is 10.4 Å². The van der Waals surface area contributed by atoms with Crippen LogP contribution in [0.4, 0.5) is 10.1 Å². The van der Waals surface area contributed by atoms with E-state index in [0.29, 0.717) is 12.2 Å². The monoisotopic (exact) mass is 411 g/mol. The van der Waals surface area contributed by atoms with E-state index in [2.05, 4.69) is 5.43 Å². The number of amides is 2. The zero-order valence-corrected chi connectivity index (χ0v) is 16.5. The Labute approximate surface area is 178 Å². The highest BCUT2D eigenvalue weighted by molar-refractivity contribution is 6.32. The van der Waals surface area contributed by atoms with E-state index in [1.807, 2.05) is 41.1 Å². The van der Waals surface area contributed by atoms with Crippen LogP contribution in [0.1, 0.15) is 11.1 Å². The number of rotatable bonds is 4. The summed E-state index contributed by atoms with van der Waals surface area (Å²) in [5, 5.41) is 2.18. The van der Waals surface area contributed by atoms with Gasteiger partial charge in [-0.1, -0.05) is 48.5 Å². The first-order valence-corrected chi connectivity index (χ1v) is 9.85. The maximum atomic E-state index is 13.2. The maximum absolute atomic E-state index is 13.2. The first kappa shape index (κ1) is 18.8. The van der Waals surface area contributed by atoms with Crippen molar-refractivity contribution < 1.29 is 14.0 Å². The molecule has 152 valence electrons. The van der Waals surface area contributed by atoms with Crippen LogP contribution in [0.15, 0.2) is 90.6 Å². The number of nitrogens with zero attached hydrogens (tertiary/aromatic N) is 2. The van der Waals surface area contributed by atoms with Gasteiger partial charge in [0.1, 0.15) is 11.4 Å². The highest BCUT2D eigenvalue weighted by Gasteiger charge is 2.34. The van der Waals surface area contributed by atoms with Gasteiger partial charge >= 0.3 is 0 Å². The summed E-state index contributed by atoms with van der Waals surface area (Å²) in [4.78, 5) is 25.5. The lowest BCUT2D eigenvalue weighted by molar-refractivity contribution is -0.117. The van der Waals surface area contributed by atoms with Crippen molar-refractivity contribution in [2.24, 2.45) is 0 Å². The molecule has 1 fully saturated rings. The molecule has 0 bridgehead atoms. The van der Waals surface area contributed by atoms with E-state index >= 15 is 0 Å². The van der Waals surface area contributed by atoms with Gasteiger partial charge in [0, 0.05) is 29.2 Å². The third-order valence-corrected chi connectivity index (χ3v) is 5.29. The van der Waals surface area contributed by atoms with Crippen molar-refractivity contribution in [3.63, 3.8) is 0 Å². The van der Waals surface area contributed by atoms with E-state index in [-0.39, 0.29) is 11.4 Å². The van der Waals surface area contributed by atoms with Crippen LogP contribution in [0.2, 0.25) is 0 Å². The number of benzene rings is 3. The fraction of sp³-hybridized carbons (Fsp3) is 0.0400. The predicted molar refractivity (Wildman–Crippen MR) is 117 cm³/mol. The summed E-state index contributed by atoms with van der Waals surface area (Å²) in [7, 11) is 0. The van der Waals surface area contributed by atoms with Crippen LogP contribution in [0.5, 0.6) is 0 Å². The molecule has 2 heterocycles. The number of aromatic nitrogens is 1. The molecule has 1 aliphatic heterocycles. The number of anilines is 1. The van der Waals surface area contributed by atoms with Crippen molar-refractivity contribution >= 4 is 34.5 Å². The molecular formula is C25H18FN3O2. The molecule has 1 aromatic heterocycles. The van der Waals surface area contributed by atoms with Gasteiger partial charge in [0.15, 0.2) is 0 Å². The van der Waals surface area contributed by atoms with Crippen LogP contribution in [0.3, 0.4) is 0 Å². The summed E-state index contributed by atoms with van der Waals surface area (Å²) in [6, 6.07) is 23.1.